The van der Waals surface area contributed by atoms with Crippen LogP contribution in [0.15, 0.2) is 18.3 Å². The van der Waals surface area contributed by atoms with Gasteiger partial charge in [-0.15, -0.1) is 0 Å². The molecule has 2 nitrogen and oxygen atoms in total. The quantitative estimate of drug-likeness (QED) is 0.725. The van der Waals surface area contributed by atoms with Crippen molar-refractivity contribution in [2.75, 3.05) is 0 Å². The van der Waals surface area contributed by atoms with Gasteiger partial charge in [-0.05, 0) is 30.9 Å². The van der Waals surface area contributed by atoms with E-state index < -0.39 is 0 Å². The molecule has 3 heteroatoms. The van der Waals surface area contributed by atoms with Crippen LogP contribution in [-0.4, -0.2) is 4.98 Å². The molecule has 2 N–H and O–H groups in total. The third-order valence-electron chi connectivity index (χ3n) is 2.21. The molecule has 64 valence electrons. The average Bonchev–Trinajstić information content (AvgIpc) is 2.85. The maximum atomic E-state index is 12.7. The zero-order chi connectivity index (χ0) is 8.55. The van der Waals surface area contributed by atoms with Gasteiger partial charge in [0.15, 0.2) is 0 Å². The predicted octanol–water partition coefficient (Wildman–Crippen LogP) is 1.63. The van der Waals surface area contributed by atoms with Crippen LogP contribution >= 0.6 is 0 Å². The van der Waals surface area contributed by atoms with Crippen molar-refractivity contribution in [3.8, 4) is 0 Å². The van der Waals surface area contributed by atoms with Crippen molar-refractivity contribution in [3.05, 3.63) is 29.8 Å². The SMILES string of the molecule is NC(c1cc(F)ccn1)C1CC1. The first kappa shape index (κ1) is 7.68. The summed E-state index contributed by atoms with van der Waals surface area (Å²) in [5, 5.41) is 0. The second kappa shape index (κ2) is 2.83. The fourth-order valence-electron chi connectivity index (χ4n) is 1.30. The minimum Gasteiger partial charge on any atom is -0.322 e. The Balaban J connectivity index is 2.20. The summed E-state index contributed by atoms with van der Waals surface area (Å²) in [4.78, 5) is 4.04. The molecule has 2 rings (SSSR count). The van der Waals surface area contributed by atoms with E-state index in [0.29, 0.717) is 11.6 Å². The highest BCUT2D eigenvalue weighted by Gasteiger charge is 2.30. The Labute approximate surface area is 70.6 Å². The number of nitrogens with zero attached hydrogens (tertiary/aromatic N) is 1. The van der Waals surface area contributed by atoms with Crippen molar-refractivity contribution < 1.29 is 4.39 Å². The topological polar surface area (TPSA) is 38.9 Å². The van der Waals surface area contributed by atoms with Crippen LogP contribution in [0.1, 0.15) is 24.6 Å². The van der Waals surface area contributed by atoms with Crippen LogP contribution < -0.4 is 5.73 Å². The summed E-state index contributed by atoms with van der Waals surface area (Å²) >= 11 is 0. The number of halogens is 1. The summed E-state index contributed by atoms with van der Waals surface area (Å²) in [6, 6.07) is 2.69. The lowest BCUT2D eigenvalue weighted by atomic mass is 10.1. The maximum absolute atomic E-state index is 12.7. The first-order valence-corrected chi connectivity index (χ1v) is 4.14. The normalized spacial score (nSPS) is 19.2. The first-order chi connectivity index (χ1) is 5.77. The van der Waals surface area contributed by atoms with Crippen LogP contribution in [0.2, 0.25) is 0 Å². The third kappa shape index (κ3) is 1.46. The number of hydrogen-bond donors (Lipinski definition) is 1. The average molecular weight is 166 g/mol. The Morgan fingerprint density at radius 1 is 1.58 bits per heavy atom. The van der Waals surface area contributed by atoms with Gasteiger partial charge in [-0.1, -0.05) is 0 Å². The molecule has 1 atom stereocenters. The fourth-order valence-corrected chi connectivity index (χ4v) is 1.30. The molecular formula is C9H11FN2. The minimum atomic E-state index is -0.254. The third-order valence-corrected chi connectivity index (χ3v) is 2.21. The highest BCUT2D eigenvalue weighted by Crippen LogP contribution is 2.38. The predicted molar refractivity (Wildman–Crippen MR) is 43.8 cm³/mol. The minimum absolute atomic E-state index is 0.0688. The lowest BCUT2D eigenvalue weighted by Gasteiger charge is -2.08. The second-order valence-corrected chi connectivity index (χ2v) is 3.26. The zero-order valence-corrected chi connectivity index (χ0v) is 6.70. The van der Waals surface area contributed by atoms with Crippen molar-refractivity contribution in [3.63, 3.8) is 0 Å². The van der Waals surface area contributed by atoms with Gasteiger partial charge in [0, 0.05) is 12.2 Å². The number of hydrogen-bond acceptors (Lipinski definition) is 2. The van der Waals surface area contributed by atoms with E-state index in [2.05, 4.69) is 4.98 Å². The lowest BCUT2D eigenvalue weighted by Crippen LogP contribution is -2.14. The van der Waals surface area contributed by atoms with Gasteiger partial charge in [0.25, 0.3) is 0 Å². The van der Waals surface area contributed by atoms with Crippen LogP contribution in [0.3, 0.4) is 0 Å². The van der Waals surface area contributed by atoms with Crippen LogP contribution in [0, 0.1) is 11.7 Å². The molecule has 0 saturated heterocycles. The van der Waals surface area contributed by atoms with Gasteiger partial charge < -0.3 is 5.73 Å². The molecule has 0 bridgehead atoms. The molecular weight excluding hydrogens is 155 g/mol. The fraction of sp³-hybridized carbons (Fsp3) is 0.444. The van der Waals surface area contributed by atoms with E-state index in [4.69, 9.17) is 5.73 Å². The van der Waals surface area contributed by atoms with Crippen LogP contribution in [0.5, 0.6) is 0 Å². The molecule has 1 saturated carbocycles. The molecule has 0 spiro atoms. The Kier molecular flexibility index (Phi) is 1.81. The summed E-state index contributed by atoms with van der Waals surface area (Å²) in [6.07, 6.45) is 3.77. The smallest absolute Gasteiger partial charge is 0.126 e. The lowest BCUT2D eigenvalue weighted by molar-refractivity contribution is 0.586. The van der Waals surface area contributed by atoms with Gasteiger partial charge in [-0.2, -0.15) is 0 Å². The summed E-state index contributed by atoms with van der Waals surface area (Å²) < 4.78 is 12.7. The largest absolute Gasteiger partial charge is 0.322 e. The van der Waals surface area contributed by atoms with Crippen molar-refractivity contribution in [2.24, 2.45) is 11.7 Å². The first-order valence-electron chi connectivity index (χ1n) is 4.14. The number of pyridine rings is 1. The standard InChI is InChI=1S/C9H11FN2/c10-7-3-4-12-8(5-7)9(11)6-1-2-6/h3-6,9H,1-2,11H2. The van der Waals surface area contributed by atoms with E-state index in [1.807, 2.05) is 0 Å². The molecule has 1 aliphatic rings. The molecule has 1 heterocycles. The molecule has 1 aromatic rings. The molecule has 0 radical (unpaired) electrons. The number of aromatic nitrogens is 1. The van der Waals surface area contributed by atoms with Gasteiger partial charge in [0.2, 0.25) is 0 Å². The highest BCUT2D eigenvalue weighted by molar-refractivity contribution is 5.12. The molecule has 0 aromatic carbocycles. The van der Waals surface area contributed by atoms with E-state index in [9.17, 15) is 4.39 Å². The summed E-state index contributed by atoms with van der Waals surface area (Å²) in [5.74, 6) is 0.274. The number of nitrogens with two attached hydrogens (primary N) is 1. The summed E-state index contributed by atoms with van der Waals surface area (Å²) in [6.45, 7) is 0. The van der Waals surface area contributed by atoms with E-state index in [1.54, 1.807) is 0 Å². The molecule has 12 heavy (non-hydrogen) atoms. The Morgan fingerprint density at radius 2 is 2.33 bits per heavy atom. The molecule has 0 aliphatic heterocycles. The molecule has 0 amide bonds. The molecule has 1 unspecified atom stereocenters. The molecule has 1 aromatic heterocycles. The van der Waals surface area contributed by atoms with Gasteiger partial charge >= 0.3 is 0 Å². The van der Waals surface area contributed by atoms with Crippen LogP contribution in [-0.2, 0) is 0 Å². The second-order valence-electron chi connectivity index (χ2n) is 3.26. The molecule has 1 fully saturated rings. The number of rotatable bonds is 2. The van der Waals surface area contributed by atoms with Crippen molar-refractivity contribution in [2.45, 2.75) is 18.9 Å². The maximum Gasteiger partial charge on any atom is 0.126 e. The van der Waals surface area contributed by atoms with Crippen LogP contribution in [0.4, 0.5) is 4.39 Å². The van der Waals surface area contributed by atoms with E-state index in [0.717, 1.165) is 12.8 Å². The van der Waals surface area contributed by atoms with Gasteiger partial charge in [-0.3, -0.25) is 4.98 Å². The van der Waals surface area contributed by atoms with Gasteiger partial charge in [-0.25, -0.2) is 4.39 Å². The van der Waals surface area contributed by atoms with Crippen molar-refractivity contribution in [1.29, 1.82) is 0 Å². The van der Waals surface area contributed by atoms with E-state index in [1.165, 1.54) is 18.3 Å². The highest BCUT2D eigenvalue weighted by atomic mass is 19.1. The van der Waals surface area contributed by atoms with Crippen molar-refractivity contribution >= 4 is 0 Å². The molecule has 1 aliphatic carbocycles. The Hall–Kier alpha value is -0.960. The Bertz CT molecular complexity index is 284. The Morgan fingerprint density at radius 3 is 2.92 bits per heavy atom. The monoisotopic (exact) mass is 166 g/mol. The van der Waals surface area contributed by atoms with Crippen molar-refractivity contribution in [1.82, 2.24) is 4.98 Å². The van der Waals surface area contributed by atoms with Gasteiger partial charge in [0.05, 0.1) is 5.69 Å². The van der Waals surface area contributed by atoms with Crippen LogP contribution in [0.25, 0.3) is 0 Å². The van der Waals surface area contributed by atoms with E-state index in [-0.39, 0.29) is 11.9 Å². The van der Waals surface area contributed by atoms with Gasteiger partial charge in [0.1, 0.15) is 5.82 Å². The van der Waals surface area contributed by atoms with E-state index >= 15 is 0 Å². The summed E-state index contributed by atoms with van der Waals surface area (Å²) in [5.41, 5.74) is 6.52. The zero-order valence-electron chi connectivity index (χ0n) is 6.70. The summed E-state index contributed by atoms with van der Waals surface area (Å²) in [7, 11) is 0.